The average molecular weight is 362 g/mol. The molecule has 26 heavy (non-hydrogen) atoms. The van der Waals surface area contributed by atoms with E-state index in [2.05, 4.69) is 61.2 Å². The lowest BCUT2D eigenvalue weighted by atomic mass is 9.73. The van der Waals surface area contributed by atoms with Crippen molar-refractivity contribution < 1.29 is 10.0 Å². The van der Waals surface area contributed by atoms with Crippen LogP contribution in [-0.2, 0) is 15.7 Å². The van der Waals surface area contributed by atoms with E-state index < -0.39 is 0 Å². The van der Waals surface area contributed by atoms with E-state index in [4.69, 9.17) is 0 Å². The van der Waals surface area contributed by atoms with Gasteiger partial charge >= 0.3 is 0 Å². The summed E-state index contributed by atoms with van der Waals surface area (Å²) in [6.45, 7) is 9.83. The van der Waals surface area contributed by atoms with Crippen molar-refractivity contribution in [2.45, 2.75) is 76.8 Å². The fourth-order valence-electron chi connectivity index (χ4n) is 3.77. The standard InChI is InChI=1S/C21H35N3O2/c1-16(25)22-13-6-14-23-21(11-9-19(24-26)10-12-21)18-8-5-7-17(15-18)20(2,3)4/h5,7-8,15,19,23-24,26H,6,9-14H2,1-4H3,(H,22,25). The minimum Gasteiger partial charge on any atom is -0.356 e. The summed E-state index contributed by atoms with van der Waals surface area (Å²) in [4.78, 5) is 11.0. The number of rotatable bonds is 7. The van der Waals surface area contributed by atoms with Crippen molar-refractivity contribution in [3.05, 3.63) is 35.4 Å². The van der Waals surface area contributed by atoms with E-state index in [1.807, 2.05) is 0 Å². The smallest absolute Gasteiger partial charge is 0.216 e. The van der Waals surface area contributed by atoms with Gasteiger partial charge in [0.15, 0.2) is 0 Å². The first-order valence-electron chi connectivity index (χ1n) is 9.77. The molecule has 1 fully saturated rings. The van der Waals surface area contributed by atoms with Gasteiger partial charge in [-0.1, -0.05) is 45.0 Å². The van der Waals surface area contributed by atoms with Crippen LogP contribution in [0.4, 0.5) is 0 Å². The van der Waals surface area contributed by atoms with Gasteiger partial charge in [0.2, 0.25) is 5.91 Å². The highest BCUT2D eigenvalue weighted by Gasteiger charge is 2.36. The minimum absolute atomic E-state index is 0.0205. The van der Waals surface area contributed by atoms with Crippen LogP contribution in [0.25, 0.3) is 0 Å². The molecule has 0 saturated heterocycles. The Bertz CT molecular complexity index is 587. The molecular weight excluding hydrogens is 326 g/mol. The largest absolute Gasteiger partial charge is 0.356 e. The van der Waals surface area contributed by atoms with E-state index in [1.54, 1.807) is 6.92 Å². The number of carbonyl (C=O) groups excluding carboxylic acids is 1. The van der Waals surface area contributed by atoms with E-state index >= 15 is 0 Å². The first-order valence-corrected chi connectivity index (χ1v) is 9.77. The fourth-order valence-corrected chi connectivity index (χ4v) is 3.77. The van der Waals surface area contributed by atoms with Gasteiger partial charge in [-0.05, 0) is 55.2 Å². The van der Waals surface area contributed by atoms with Crippen LogP contribution in [0.2, 0.25) is 0 Å². The summed E-state index contributed by atoms with van der Waals surface area (Å²) < 4.78 is 0. The zero-order chi connectivity index (χ0) is 19.2. The molecule has 4 N–H and O–H groups in total. The van der Waals surface area contributed by atoms with Gasteiger partial charge in [0, 0.05) is 25.0 Å². The zero-order valence-corrected chi connectivity index (χ0v) is 16.7. The number of benzene rings is 1. The molecule has 0 aromatic heterocycles. The summed E-state index contributed by atoms with van der Waals surface area (Å²) >= 11 is 0. The van der Waals surface area contributed by atoms with Crippen LogP contribution in [0.1, 0.15) is 70.9 Å². The highest BCUT2D eigenvalue weighted by atomic mass is 16.5. The van der Waals surface area contributed by atoms with Gasteiger partial charge in [-0.3, -0.25) is 4.79 Å². The molecule has 5 heteroatoms. The summed E-state index contributed by atoms with van der Waals surface area (Å²) in [5.74, 6) is 0.0205. The normalized spacial score (nSPS) is 23.7. The van der Waals surface area contributed by atoms with E-state index in [0.717, 1.165) is 38.6 Å². The van der Waals surface area contributed by atoms with Gasteiger partial charge in [-0.2, -0.15) is 0 Å². The molecule has 1 aromatic carbocycles. The van der Waals surface area contributed by atoms with Crippen molar-refractivity contribution in [1.29, 1.82) is 0 Å². The van der Waals surface area contributed by atoms with Gasteiger partial charge in [-0.15, -0.1) is 0 Å². The van der Waals surface area contributed by atoms with Crippen molar-refractivity contribution in [2.24, 2.45) is 0 Å². The lowest BCUT2D eigenvalue weighted by Crippen LogP contribution is -2.48. The maximum atomic E-state index is 11.0. The Hall–Kier alpha value is -1.43. The molecule has 1 amide bonds. The summed E-state index contributed by atoms with van der Waals surface area (Å²) in [6.07, 6.45) is 4.75. The molecule has 5 nitrogen and oxygen atoms in total. The molecule has 0 bridgehead atoms. The maximum Gasteiger partial charge on any atom is 0.216 e. The van der Waals surface area contributed by atoms with Gasteiger partial charge in [0.1, 0.15) is 0 Å². The van der Waals surface area contributed by atoms with Crippen molar-refractivity contribution in [3.63, 3.8) is 0 Å². The SMILES string of the molecule is CC(=O)NCCCNC1(c2cccc(C(C)(C)C)c2)CCC(NO)CC1. The number of amides is 1. The Labute approximate surface area is 157 Å². The lowest BCUT2D eigenvalue weighted by molar-refractivity contribution is -0.118. The minimum atomic E-state index is -0.0646. The predicted octanol–water partition coefficient (Wildman–Crippen LogP) is 3.22. The van der Waals surface area contributed by atoms with Crippen LogP contribution < -0.4 is 16.1 Å². The molecule has 1 saturated carbocycles. The Morgan fingerprint density at radius 1 is 1.23 bits per heavy atom. The van der Waals surface area contributed by atoms with Crippen LogP contribution in [0.3, 0.4) is 0 Å². The molecule has 146 valence electrons. The zero-order valence-electron chi connectivity index (χ0n) is 16.7. The molecule has 2 rings (SSSR count). The lowest BCUT2D eigenvalue weighted by Gasteiger charge is -2.42. The van der Waals surface area contributed by atoms with Gasteiger partial charge in [0.05, 0.1) is 0 Å². The molecule has 0 unspecified atom stereocenters. The highest BCUT2D eigenvalue weighted by molar-refractivity contribution is 5.72. The molecule has 1 aliphatic carbocycles. The van der Waals surface area contributed by atoms with Crippen LogP contribution in [0.5, 0.6) is 0 Å². The monoisotopic (exact) mass is 361 g/mol. The number of hydrogen-bond donors (Lipinski definition) is 4. The molecule has 0 heterocycles. The molecule has 1 aliphatic rings. The Morgan fingerprint density at radius 2 is 1.92 bits per heavy atom. The van der Waals surface area contributed by atoms with E-state index in [-0.39, 0.29) is 22.9 Å². The van der Waals surface area contributed by atoms with Crippen molar-refractivity contribution >= 4 is 5.91 Å². The van der Waals surface area contributed by atoms with Crippen molar-refractivity contribution in [1.82, 2.24) is 16.1 Å². The fraction of sp³-hybridized carbons (Fsp3) is 0.667. The van der Waals surface area contributed by atoms with Crippen LogP contribution in [-0.4, -0.2) is 30.2 Å². The van der Waals surface area contributed by atoms with Gasteiger partial charge in [-0.25, -0.2) is 5.48 Å². The van der Waals surface area contributed by atoms with Crippen molar-refractivity contribution in [3.8, 4) is 0 Å². The second kappa shape index (κ2) is 8.98. The molecule has 0 atom stereocenters. The predicted molar refractivity (Wildman–Crippen MR) is 105 cm³/mol. The second-order valence-corrected chi connectivity index (χ2v) is 8.58. The van der Waals surface area contributed by atoms with E-state index in [1.165, 1.54) is 11.1 Å². The van der Waals surface area contributed by atoms with E-state index in [0.29, 0.717) is 6.54 Å². The molecule has 1 aromatic rings. The van der Waals surface area contributed by atoms with Gasteiger partial charge in [0.25, 0.3) is 0 Å². The maximum absolute atomic E-state index is 11.0. The number of carbonyl (C=O) groups is 1. The first-order chi connectivity index (χ1) is 12.3. The second-order valence-electron chi connectivity index (χ2n) is 8.58. The van der Waals surface area contributed by atoms with Crippen LogP contribution in [0.15, 0.2) is 24.3 Å². The van der Waals surface area contributed by atoms with Gasteiger partial charge < -0.3 is 15.8 Å². The molecular formula is C21H35N3O2. The molecule has 0 radical (unpaired) electrons. The number of hydroxylamine groups is 1. The summed E-state index contributed by atoms with van der Waals surface area (Å²) in [5, 5.41) is 15.9. The summed E-state index contributed by atoms with van der Waals surface area (Å²) in [5.41, 5.74) is 5.17. The Kier molecular flexibility index (Phi) is 7.21. The number of nitrogens with one attached hydrogen (secondary N) is 3. The quantitative estimate of drug-likeness (QED) is 0.444. The summed E-state index contributed by atoms with van der Waals surface area (Å²) in [7, 11) is 0. The first kappa shape index (κ1) is 20.9. The van der Waals surface area contributed by atoms with Crippen molar-refractivity contribution in [2.75, 3.05) is 13.1 Å². The van der Waals surface area contributed by atoms with Crippen LogP contribution in [0, 0.1) is 0 Å². The average Bonchev–Trinajstić information content (AvgIpc) is 2.61. The molecule has 0 spiro atoms. The third-order valence-corrected chi connectivity index (χ3v) is 5.49. The Balaban J connectivity index is 2.15. The number of hydrogen-bond acceptors (Lipinski definition) is 4. The highest BCUT2D eigenvalue weighted by Crippen LogP contribution is 2.38. The third kappa shape index (κ3) is 5.53. The van der Waals surface area contributed by atoms with Crippen LogP contribution >= 0.6 is 0 Å². The molecule has 0 aliphatic heterocycles. The Morgan fingerprint density at radius 3 is 2.50 bits per heavy atom. The summed E-state index contributed by atoms with van der Waals surface area (Å²) in [6, 6.07) is 9.10. The topological polar surface area (TPSA) is 73.4 Å². The van der Waals surface area contributed by atoms with E-state index in [9.17, 15) is 10.0 Å². The third-order valence-electron chi connectivity index (χ3n) is 5.49.